The molecule has 2 aromatic rings. The third kappa shape index (κ3) is 10.5. The van der Waals surface area contributed by atoms with Crippen LogP contribution in [0, 0.1) is 0 Å². The van der Waals surface area contributed by atoms with Gasteiger partial charge in [-0.2, -0.15) is 10.2 Å². The molecule has 1 aliphatic rings. The average Bonchev–Trinajstić information content (AvgIpc) is 2.91. The summed E-state index contributed by atoms with van der Waals surface area (Å²) in [6.07, 6.45) is -0.243. The lowest BCUT2D eigenvalue weighted by molar-refractivity contribution is -0.0606. The smallest absolute Gasteiger partial charge is 0.337 e. The maximum atomic E-state index is 11.5. The monoisotopic (exact) mass is 488 g/mol. The topological polar surface area (TPSA) is 106 Å². The Kier molecular flexibility index (Phi) is 12.1. The highest BCUT2D eigenvalue weighted by Gasteiger charge is 2.12. The number of carbonyl (C=O) groups is 1. The number of esters is 1. The number of hydrogen-bond donors (Lipinski definition) is 0. The highest BCUT2D eigenvalue weighted by molar-refractivity contribution is 5.89. The molecule has 1 fully saturated rings. The van der Waals surface area contributed by atoms with Crippen molar-refractivity contribution in [2.45, 2.75) is 6.10 Å². The molecule has 10 heteroatoms. The van der Waals surface area contributed by atoms with E-state index in [-0.39, 0.29) is 6.10 Å². The fourth-order valence-corrected chi connectivity index (χ4v) is 2.99. The van der Waals surface area contributed by atoms with Crippen molar-refractivity contribution < 1.29 is 38.0 Å². The molecule has 3 rings (SSSR count). The number of nitrogens with zero attached hydrogens (tertiary/aromatic N) is 2. The van der Waals surface area contributed by atoms with Crippen molar-refractivity contribution in [3.05, 3.63) is 54.1 Å². The summed E-state index contributed by atoms with van der Waals surface area (Å²) >= 11 is 0. The van der Waals surface area contributed by atoms with Gasteiger partial charge in [0.15, 0.2) is 0 Å². The molecule has 1 heterocycles. The van der Waals surface area contributed by atoms with Crippen molar-refractivity contribution in [1.29, 1.82) is 0 Å². The Labute approximate surface area is 205 Å². The molecule has 0 saturated carbocycles. The third-order valence-corrected chi connectivity index (χ3v) is 4.84. The second-order valence-electron chi connectivity index (χ2n) is 7.45. The highest BCUT2D eigenvalue weighted by atomic mass is 16.6. The largest absolute Gasteiger partial charge is 0.491 e. The lowest BCUT2D eigenvalue weighted by Crippen LogP contribution is -2.29. The molecule has 0 aromatic heterocycles. The quantitative estimate of drug-likeness (QED) is 0.447. The van der Waals surface area contributed by atoms with Gasteiger partial charge in [0.25, 0.3) is 0 Å². The van der Waals surface area contributed by atoms with E-state index in [4.69, 9.17) is 28.4 Å². The number of rotatable bonds is 6. The molecule has 0 radical (unpaired) electrons. The summed E-state index contributed by atoms with van der Waals surface area (Å²) in [5.41, 5.74) is 1.76. The zero-order valence-electron chi connectivity index (χ0n) is 19.9. The highest BCUT2D eigenvalue weighted by Crippen LogP contribution is 2.22. The van der Waals surface area contributed by atoms with Gasteiger partial charge >= 0.3 is 5.97 Å². The van der Waals surface area contributed by atoms with Crippen molar-refractivity contribution in [1.82, 2.24) is 0 Å². The fourth-order valence-electron chi connectivity index (χ4n) is 2.99. The molecule has 0 amide bonds. The van der Waals surface area contributed by atoms with Gasteiger partial charge in [0, 0.05) is 0 Å². The second-order valence-corrected chi connectivity index (χ2v) is 7.45. The lowest BCUT2D eigenvalue weighted by Gasteiger charge is -2.19. The van der Waals surface area contributed by atoms with Crippen LogP contribution in [-0.2, 0) is 28.4 Å². The average molecular weight is 489 g/mol. The van der Waals surface area contributed by atoms with Gasteiger partial charge in [0.2, 0.25) is 0 Å². The van der Waals surface area contributed by atoms with Crippen LogP contribution < -0.4 is 4.74 Å². The van der Waals surface area contributed by atoms with Gasteiger partial charge in [-0.05, 0) is 48.5 Å². The van der Waals surface area contributed by atoms with Gasteiger partial charge in [-0.15, -0.1) is 0 Å². The molecule has 0 spiro atoms. The molecule has 0 aliphatic carbocycles. The second kappa shape index (κ2) is 15.9. The van der Waals surface area contributed by atoms with E-state index in [1.165, 1.54) is 7.11 Å². The number of methoxy groups -OCH3 is 1. The van der Waals surface area contributed by atoms with Gasteiger partial charge in [-0.25, -0.2) is 4.79 Å². The van der Waals surface area contributed by atoms with Crippen LogP contribution in [0.15, 0.2) is 58.8 Å². The minimum atomic E-state index is -0.392. The summed E-state index contributed by atoms with van der Waals surface area (Å²) < 4.78 is 38.5. The predicted molar refractivity (Wildman–Crippen MR) is 127 cm³/mol. The number of hydrogen-bond acceptors (Lipinski definition) is 10. The number of carbonyl (C=O) groups excluding carboxylic acids is 1. The Hall–Kier alpha value is -2.89. The van der Waals surface area contributed by atoms with E-state index in [1.54, 1.807) is 24.3 Å². The molecule has 1 unspecified atom stereocenters. The number of azo groups is 1. The van der Waals surface area contributed by atoms with E-state index in [1.807, 2.05) is 24.3 Å². The first-order valence-corrected chi connectivity index (χ1v) is 11.5. The maximum absolute atomic E-state index is 11.5. The van der Waals surface area contributed by atoms with Crippen molar-refractivity contribution in [3.8, 4) is 5.75 Å². The zero-order valence-corrected chi connectivity index (χ0v) is 19.9. The Balaban J connectivity index is 1.46. The van der Waals surface area contributed by atoms with Crippen LogP contribution in [0.1, 0.15) is 10.4 Å². The Morgan fingerprint density at radius 1 is 0.771 bits per heavy atom. The normalized spacial score (nSPS) is 18.9. The van der Waals surface area contributed by atoms with Crippen LogP contribution in [0.3, 0.4) is 0 Å². The summed E-state index contributed by atoms with van der Waals surface area (Å²) in [4.78, 5) is 11.5. The molecule has 1 aliphatic heterocycles. The molecule has 35 heavy (non-hydrogen) atoms. The van der Waals surface area contributed by atoms with Crippen LogP contribution in [-0.4, -0.2) is 85.3 Å². The van der Waals surface area contributed by atoms with Crippen LogP contribution in [0.4, 0.5) is 11.4 Å². The maximum Gasteiger partial charge on any atom is 0.337 e. The molecule has 1 atom stereocenters. The lowest BCUT2D eigenvalue weighted by atomic mass is 10.2. The molecule has 190 valence electrons. The van der Waals surface area contributed by atoms with Gasteiger partial charge in [0.05, 0.1) is 83.5 Å². The van der Waals surface area contributed by atoms with Crippen molar-refractivity contribution in [2.75, 3.05) is 73.2 Å². The Morgan fingerprint density at radius 3 is 1.86 bits per heavy atom. The summed E-state index contributed by atoms with van der Waals surface area (Å²) in [5.74, 6) is 0.291. The predicted octanol–water partition coefficient (Wildman–Crippen LogP) is 3.73. The number of ether oxygens (including phenoxy) is 7. The Morgan fingerprint density at radius 2 is 1.29 bits per heavy atom. The van der Waals surface area contributed by atoms with Gasteiger partial charge < -0.3 is 33.2 Å². The molecule has 0 bridgehead atoms. The SMILES string of the molecule is COC(=O)c1ccc(N=Nc2ccc(OCC3COCCOCCOCCOCCO3)cc2)cc1. The third-order valence-electron chi connectivity index (χ3n) is 4.84. The minimum Gasteiger partial charge on any atom is -0.491 e. The van der Waals surface area contributed by atoms with Crippen LogP contribution in [0.5, 0.6) is 5.75 Å². The molecular weight excluding hydrogens is 456 g/mol. The van der Waals surface area contributed by atoms with Crippen molar-refractivity contribution in [2.24, 2.45) is 10.2 Å². The van der Waals surface area contributed by atoms with Gasteiger partial charge in [-0.1, -0.05) is 0 Å². The van der Waals surface area contributed by atoms with Gasteiger partial charge in [0.1, 0.15) is 18.5 Å². The zero-order chi connectivity index (χ0) is 24.6. The molecule has 10 nitrogen and oxygen atoms in total. The van der Waals surface area contributed by atoms with E-state index in [0.717, 1.165) is 0 Å². The van der Waals surface area contributed by atoms with E-state index >= 15 is 0 Å². The van der Waals surface area contributed by atoms with E-state index < -0.39 is 5.97 Å². The van der Waals surface area contributed by atoms with Gasteiger partial charge in [-0.3, -0.25) is 0 Å². The van der Waals surface area contributed by atoms with Crippen LogP contribution in [0.2, 0.25) is 0 Å². The first-order chi connectivity index (χ1) is 17.2. The molecular formula is C25H32N2O8. The summed E-state index contributed by atoms with van der Waals surface area (Å²) in [6, 6.07) is 13.9. The first kappa shape index (κ1) is 26.7. The van der Waals surface area contributed by atoms with Crippen molar-refractivity contribution in [3.63, 3.8) is 0 Å². The van der Waals surface area contributed by atoms with Crippen LogP contribution in [0.25, 0.3) is 0 Å². The molecule has 1 saturated heterocycles. The first-order valence-electron chi connectivity index (χ1n) is 11.5. The standard InChI is InChI=1S/C25H32N2O8/c1-29-25(28)20-2-4-21(5-3-20)26-27-22-6-8-23(9-7-22)35-19-24-18-33-15-14-31-11-10-30-12-13-32-16-17-34-24/h2-9,24H,10-19H2,1H3. The molecule has 0 N–H and O–H groups in total. The number of benzene rings is 2. The Bertz CT molecular complexity index is 873. The fraction of sp³-hybridized carbons (Fsp3) is 0.480. The summed E-state index contributed by atoms with van der Waals surface area (Å²) in [6.45, 7) is 4.73. The minimum absolute atomic E-state index is 0.243. The van der Waals surface area contributed by atoms with Crippen LogP contribution >= 0.6 is 0 Å². The van der Waals surface area contributed by atoms with Crippen molar-refractivity contribution >= 4 is 17.3 Å². The molecule has 2 aromatic carbocycles. The van der Waals surface area contributed by atoms with E-state index in [0.29, 0.717) is 88.8 Å². The summed E-state index contributed by atoms with van der Waals surface area (Å²) in [5, 5.41) is 8.40. The van der Waals surface area contributed by atoms with E-state index in [9.17, 15) is 4.79 Å². The van der Waals surface area contributed by atoms with E-state index in [2.05, 4.69) is 15.0 Å². The summed E-state index contributed by atoms with van der Waals surface area (Å²) in [7, 11) is 1.34.